The van der Waals surface area contributed by atoms with Crippen molar-refractivity contribution in [1.82, 2.24) is 19.6 Å². The maximum Gasteiger partial charge on any atom is 0.349 e. The summed E-state index contributed by atoms with van der Waals surface area (Å²) < 4.78 is 1.44. The zero-order valence-corrected chi connectivity index (χ0v) is 11.3. The lowest BCUT2D eigenvalue weighted by Crippen LogP contribution is -2.14. The van der Waals surface area contributed by atoms with Crippen LogP contribution in [0.15, 0.2) is 35.1 Å². The second kappa shape index (κ2) is 4.80. The molecule has 0 aliphatic heterocycles. The van der Waals surface area contributed by atoms with E-state index in [0.29, 0.717) is 23.8 Å². The van der Waals surface area contributed by atoms with E-state index in [0.717, 1.165) is 0 Å². The number of aryl methyl sites for hydroxylation is 2. The fourth-order valence-electron chi connectivity index (χ4n) is 2.09. The lowest BCUT2D eigenvalue weighted by atomic mass is 10.1. The van der Waals surface area contributed by atoms with Crippen molar-refractivity contribution < 1.29 is 0 Å². The van der Waals surface area contributed by atoms with Crippen molar-refractivity contribution in [1.29, 1.82) is 0 Å². The molecule has 2 heterocycles. The van der Waals surface area contributed by atoms with Crippen LogP contribution in [0, 0.1) is 13.8 Å². The van der Waals surface area contributed by atoms with Gasteiger partial charge in [-0.1, -0.05) is 29.8 Å². The minimum absolute atomic E-state index is 0.268. The number of aromatic amines is 1. The summed E-state index contributed by atoms with van der Waals surface area (Å²) in [6, 6.07) is 10.1. The summed E-state index contributed by atoms with van der Waals surface area (Å²) in [6.07, 6.45) is 0. The smallest absolute Gasteiger partial charge is 0.349 e. The molecule has 0 fully saturated rings. The summed E-state index contributed by atoms with van der Waals surface area (Å²) in [5.41, 5.74) is 2.71. The first-order valence-electron chi connectivity index (χ1n) is 6.38. The minimum Gasteiger partial charge on any atom is -0.366 e. The van der Waals surface area contributed by atoms with Crippen molar-refractivity contribution >= 4 is 11.5 Å². The summed E-state index contributed by atoms with van der Waals surface area (Å²) in [5.74, 6) is 1.31. The molecule has 0 saturated carbocycles. The first-order valence-corrected chi connectivity index (χ1v) is 6.38. The molecule has 3 rings (SSSR count). The Hall–Kier alpha value is -2.63. The lowest BCUT2D eigenvalue weighted by Gasteiger charge is -2.07. The Morgan fingerprint density at radius 2 is 2.00 bits per heavy atom. The average Bonchev–Trinajstić information content (AvgIpc) is 2.80. The molecule has 0 amide bonds. The van der Waals surface area contributed by atoms with E-state index in [2.05, 4.69) is 51.7 Å². The van der Waals surface area contributed by atoms with Gasteiger partial charge in [0.15, 0.2) is 5.65 Å². The van der Waals surface area contributed by atoms with Gasteiger partial charge in [0, 0.05) is 12.6 Å². The van der Waals surface area contributed by atoms with Crippen molar-refractivity contribution in [3.63, 3.8) is 0 Å². The number of benzene rings is 1. The van der Waals surface area contributed by atoms with Crippen molar-refractivity contribution in [3.05, 3.63) is 57.8 Å². The van der Waals surface area contributed by atoms with E-state index in [1.165, 1.54) is 15.5 Å². The van der Waals surface area contributed by atoms with Gasteiger partial charge in [0.05, 0.1) is 0 Å². The SMILES string of the molecule is Cc1ccc(CNc2cc3n[nH]c(=O)n3c(C)n2)cc1. The molecule has 0 unspecified atom stereocenters. The zero-order valence-electron chi connectivity index (χ0n) is 11.3. The van der Waals surface area contributed by atoms with Crippen LogP contribution in [-0.4, -0.2) is 19.6 Å². The van der Waals surface area contributed by atoms with Crippen LogP contribution in [0.5, 0.6) is 0 Å². The van der Waals surface area contributed by atoms with Gasteiger partial charge in [0.25, 0.3) is 0 Å². The highest BCUT2D eigenvalue weighted by molar-refractivity contribution is 5.49. The molecule has 6 heteroatoms. The van der Waals surface area contributed by atoms with Gasteiger partial charge in [-0.3, -0.25) is 0 Å². The lowest BCUT2D eigenvalue weighted by molar-refractivity contribution is 0.931. The van der Waals surface area contributed by atoms with Crippen molar-refractivity contribution in [2.24, 2.45) is 0 Å². The molecular formula is C14H15N5O. The molecule has 1 aromatic carbocycles. The number of aromatic nitrogens is 4. The third-order valence-electron chi connectivity index (χ3n) is 3.16. The van der Waals surface area contributed by atoms with E-state index in [1.807, 2.05) is 0 Å². The molecule has 6 nitrogen and oxygen atoms in total. The van der Waals surface area contributed by atoms with Gasteiger partial charge in [0.1, 0.15) is 11.6 Å². The molecule has 0 spiro atoms. The van der Waals surface area contributed by atoms with Gasteiger partial charge >= 0.3 is 5.69 Å². The monoisotopic (exact) mass is 269 g/mol. The molecule has 0 aliphatic carbocycles. The molecule has 0 aliphatic rings. The fourth-order valence-corrected chi connectivity index (χ4v) is 2.09. The Morgan fingerprint density at radius 3 is 2.75 bits per heavy atom. The minimum atomic E-state index is -0.268. The van der Waals surface area contributed by atoms with Gasteiger partial charge in [-0.05, 0) is 19.4 Å². The molecule has 2 aromatic heterocycles. The summed E-state index contributed by atoms with van der Waals surface area (Å²) in [4.78, 5) is 15.9. The maximum absolute atomic E-state index is 11.5. The Labute approximate surface area is 115 Å². The predicted octanol–water partition coefficient (Wildman–Crippen LogP) is 1.65. The second-order valence-electron chi connectivity index (χ2n) is 4.75. The molecule has 2 N–H and O–H groups in total. The number of nitrogens with one attached hydrogen (secondary N) is 2. The van der Waals surface area contributed by atoms with Crippen LogP contribution in [0.1, 0.15) is 17.0 Å². The van der Waals surface area contributed by atoms with Crippen molar-refractivity contribution in [2.75, 3.05) is 5.32 Å². The summed E-state index contributed by atoms with van der Waals surface area (Å²) in [7, 11) is 0. The van der Waals surface area contributed by atoms with E-state index in [9.17, 15) is 4.79 Å². The number of hydrogen-bond donors (Lipinski definition) is 2. The standard InChI is InChI=1S/C14H15N5O/c1-9-3-5-11(6-4-9)8-15-12-7-13-17-18-14(20)19(13)10(2)16-12/h3-7,15H,8H2,1-2H3,(H,18,20). The predicted molar refractivity (Wildman–Crippen MR) is 76.9 cm³/mol. The summed E-state index contributed by atoms with van der Waals surface area (Å²) in [5, 5.41) is 9.61. The van der Waals surface area contributed by atoms with Gasteiger partial charge in [-0.15, -0.1) is 0 Å². The van der Waals surface area contributed by atoms with E-state index < -0.39 is 0 Å². The maximum atomic E-state index is 11.5. The number of hydrogen-bond acceptors (Lipinski definition) is 4. The highest BCUT2D eigenvalue weighted by Gasteiger charge is 2.06. The van der Waals surface area contributed by atoms with Crippen LogP contribution in [0.2, 0.25) is 0 Å². The van der Waals surface area contributed by atoms with Crippen LogP contribution in [0.4, 0.5) is 5.82 Å². The molecule has 102 valence electrons. The topological polar surface area (TPSA) is 75.1 Å². The van der Waals surface area contributed by atoms with E-state index in [4.69, 9.17) is 0 Å². The van der Waals surface area contributed by atoms with Crippen LogP contribution >= 0.6 is 0 Å². The van der Waals surface area contributed by atoms with E-state index in [1.54, 1.807) is 13.0 Å². The van der Waals surface area contributed by atoms with Crippen LogP contribution < -0.4 is 11.0 Å². The first kappa shape index (κ1) is 12.4. The largest absolute Gasteiger partial charge is 0.366 e. The molecule has 3 aromatic rings. The van der Waals surface area contributed by atoms with Gasteiger partial charge in [-0.2, -0.15) is 5.10 Å². The van der Waals surface area contributed by atoms with Gasteiger partial charge in [0.2, 0.25) is 0 Å². The Balaban J connectivity index is 1.84. The van der Waals surface area contributed by atoms with Crippen LogP contribution in [0.25, 0.3) is 5.65 Å². The normalized spacial score (nSPS) is 10.9. The average molecular weight is 269 g/mol. The van der Waals surface area contributed by atoms with Crippen LogP contribution in [0.3, 0.4) is 0 Å². The number of rotatable bonds is 3. The van der Waals surface area contributed by atoms with Crippen molar-refractivity contribution in [3.8, 4) is 0 Å². The Kier molecular flexibility index (Phi) is 2.98. The highest BCUT2D eigenvalue weighted by atomic mass is 16.1. The molecule has 20 heavy (non-hydrogen) atoms. The summed E-state index contributed by atoms with van der Waals surface area (Å²) in [6.45, 7) is 4.52. The van der Waals surface area contributed by atoms with Crippen LogP contribution in [-0.2, 0) is 6.54 Å². The third-order valence-corrected chi connectivity index (χ3v) is 3.16. The number of fused-ring (bicyclic) bond motifs is 1. The molecular weight excluding hydrogens is 254 g/mol. The van der Waals surface area contributed by atoms with Gasteiger partial charge in [-0.25, -0.2) is 19.3 Å². The highest BCUT2D eigenvalue weighted by Crippen LogP contribution is 2.10. The van der Waals surface area contributed by atoms with E-state index in [-0.39, 0.29) is 5.69 Å². The van der Waals surface area contributed by atoms with Gasteiger partial charge < -0.3 is 5.32 Å². The molecule has 0 bridgehead atoms. The zero-order chi connectivity index (χ0) is 14.1. The first-order chi connectivity index (χ1) is 9.63. The Bertz CT molecular complexity index is 801. The number of nitrogens with zero attached hydrogens (tertiary/aromatic N) is 3. The third kappa shape index (κ3) is 2.27. The fraction of sp³-hybridized carbons (Fsp3) is 0.214. The van der Waals surface area contributed by atoms with Crippen molar-refractivity contribution in [2.45, 2.75) is 20.4 Å². The number of H-pyrrole nitrogens is 1. The quantitative estimate of drug-likeness (QED) is 0.758. The van der Waals surface area contributed by atoms with E-state index >= 15 is 0 Å². The Morgan fingerprint density at radius 1 is 1.25 bits per heavy atom. The molecule has 0 atom stereocenters. The molecule has 0 saturated heterocycles. The second-order valence-corrected chi connectivity index (χ2v) is 4.75. The summed E-state index contributed by atoms with van der Waals surface area (Å²) >= 11 is 0. The number of anilines is 1. The molecule has 0 radical (unpaired) electrons.